The van der Waals surface area contributed by atoms with E-state index in [1.54, 1.807) is 29.1 Å². The second-order valence-corrected chi connectivity index (χ2v) is 7.71. The van der Waals surface area contributed by atoms with Crippen molar-refractivity contribution in [2.45, 2.75) is 25.8 Å². The monoisotopic (exact) mass is 397 g/mol. The minimum atomic E-state index is -0.997. The van der Waals surface area contributed by atoms with Crippen LogP contribution in [0.3, 0.4) is 0 Å². The number of alkyl halides is 1. The Hall–Kier alpha value is -3.06. The van der Waals surface area contributed by atoms with Crippen molar-refractivity contribution in [1.82, 2.24) is 20.0 Å². The molecule has 1 atom stereocenters. The van der Waals surface area contributed by atoms with Crippen LogP contribution in [-0.4, -0.2) is 31.1 Å². The SMILES string of the molecule is CC(C)C(Cl)c1cc(Cn2nc(N)c3cc(C(=O)O)ccc32)c2[nH]ncc2c1. The van der Waals surface area contributed by atoms with Crippen LogP contribution in [0.25, 0.3) is 21.8 Å². The molecule has 0 aliphatic carbocycles. The van der Waals surface area contributed by atoms with E-state index >= 15 is 0 Å². The van der Waals surface area contributed by atoms with Crippen LogP contribution in [0.4, 0.5) is 5.82 Å². The molecule has 28 heavy (non-hydrogen) atoms. The molecule has 0 saturated heterocycles. The van der Waals surface area contributed by atoms with Gasteiger partial charge in [0.15, 0.2) is 5.82 Å². The number of carbonyl (C=O) groups is 1. The molecule has 2 aromatic carbocycles. The van der Waals surface area contributed by atoms with Gasteiger partial charge in [-0.3, -0.25) is 9.78 Å². The number of nitrogens with zero attached hydrogens (tertiary/aromatic N) is 3. The maximum Gasteiger partial charge on any atom is 0.335 e. The Bertz CT molecular complexity index is 1190. The average Bonchev–Trinajstić information content (AvgIpc) is 3.25. The summed E-state index contributed by atoms with van der Waals surface area (Å²) in [7, 11) is 0. The predicted molar refractivity (Wildman–Crippen MR) is 110 cm³/mol. The van der Waals surface area contributed by atoms with E-state index in [0.29, 0.717) is 17.7 Å². The maximum atomic E-state index is 11.2. The molecule has 144 valence electrons. The van der Waals surface area contributed by atoms with Gasteiger partial charge in [0, 0.05) is 10.8 Å². The van der Waals surface area contributed by atoms with Crippen LogP contribution in [0.1, 0.15) is 40.7 Å². The number of halogens is 1. The van der Waals surface area contributed by atoms with Crippen molar-refractivity contribution in [3.63, 3.8) is 0 Å². The van der Waals surface area contributed by atoms with Crippen molar-refractivity contribution in [3.05, 3.63) is 53.2 Å². The summed E-state index contributed by atoms with van der Waals surface area (Å²) < 4.78 is 1.77. The van der Waals surface area contributed by atoms with Crippen molar-refractivity contribution >= 4 is 45.2 Å². The first-order valence-corrected chi connectivity index (χ1v) is 9.38. The number of benzene rings is 2. The number of hydrogen-bond donors (Lipinski definition) is 3. The molecule has 4 aromatic rings. The van der Waals surface area contributed by atoms with E-state index in [9.17, 15) is 9.90 Å². The highest BCUT2D eigenvalue weighted by Gasteiger charge is 2.17. The summed E-state index contributed by atoms with van der Waals surface area (Å²) in [4.78, 5) is 11.2. The molecular formula is C20H20ClN5O2. The van der Waals surface area contributed by atoms with Crippen LogP contribution in [0, 0.1) is 5.92 Å². The second kappa shape index (κ2) is 6.83. The minimum Gasteiger partial charge on any atom is -0.478 e. The molecule has 0 fully saturated rings. The number of nitrogen functional groups attached to an aromatic ring is 1. The number of aromatic amines is 1. The largest absolute Gasteiger partial charge is 0.478 e. The molecule has 0 amide bonds. The smallest absolute Gasteiger partial charge is 0.335 e. The number of hydrogen-bond acceptors (Lipinski definition) is 4. The number of aromatic carboxylic acids is 1. The lowest BCUT2D eigenvalue weighted by Gasteiger charge is -2.16. The van der Waals surface area contributed by atoms with E-state index in [2.05, 4.69) is 41.3 Å². The molecule has 8 heteroatoms. The highest BCUT2D eigenvalue weighted by Crippen LogP contribution is 2.33. The molecule has 2 heterocycles. The number of fused-ring (bicyclic) bond motifs is 2. The number of anilines is 1. The van der Waals surface area contributed by atoms with Crippen molar-refractivity contribution in [2.24, 2.45) is 5.92 Å². The molecule has 1 unspecified atom stereocenters. The molecule has 0 bridgehead atoms. The van der Waals surface area contributed by atoms with Crippen molar-refractivity contribution in [3.8, 4) is 0 Å². The molecular weight excluding hydrogens is 378 g/mol. The Morgan fingerprint density at radius 2 is 2.11 bits per heavy atom. The summed E-state index contributed by atoms with van der Waals surface area (Å²) in [5.41, 5.74) is 9.93. The molecule has 4 N–H and O–H groups in total. The summed E-state index contributed by atoms with van der Waals surface area (Å²) >= 11 is 6.60. The molecule has 0 aliphatic heterocycles. The van der Waals surface area contributed by atoms with E-state index in [1.807, 2.05) is 0 Å². The second-order valence-electron chi connectivity index (χ2n) is 7.24. The third kappa shape index (κ3) is 3.07. The maximum absolute atomic E-state index is 11.2. The lowest BCUT2D eigenvalue weighted by molar-refractivity contribution is 0.0697. The molecule has 7 nitrogen and oxygen atoms in total. The highest BCUT2D eigenvalue weighted by atomic mass is 35.5. The van der Waals surface area contributed by atoms with E-state index < -0.39 is 5.97 Å². The number of nitrogens with two attached hydrogens (primary N) is 1. The summed E-state index contributed by atoms with van der Waals surface area (Å²) in [5.74, 6) is -0.412. The zero-order valence-corrected chi connectivity index (χ0v) is 16.2. The number of carboxylic acids is 1. The van der Waals surface area contributed by atoms with E-state index in [1.165, 1.54) is 0 Å². The van der Waals surface area contributed by atoms with Gasteiger partial charge in [-0.1, -0.05) is 19.9 Å². The third-order valence-corrected chi connectivity index (χ3v) is 5.66. The van der Waals surface area contributed by atoms with Gasteiger partial charge in [-0.05, 0) is 41.3 Å². The number of nitrogens with one attached hydrogen (secondary N) is 1. The Balaban J connectivity index is 1.82. The average molecular weight is 398 g/mol. The third-order valence-electron chi connectivity index (χ3n) is 4.90. The Morgan fingerprint density at radius 1 is 1.32 bits per heavy atom. The lowest BCUT2D eigenvalue weighted by atomic mass is 9.98. The molecule has 4 rings (SSSR count). The molecule has 2 aromatic heterocycles. The Kier molecular flexibility index (Phi) is 4.47. The normalized spacial score (nSPS) is 12.9. The van der Waals surface area contributed by atoms with Gasteiger partial charge in [-0.15, -0.1) is 11.6 Å². The van der Waals surface area contributed by atoms with Gasteiger partial charge in [-0.2, -0.15) is 10.2 Å². The first kappa shape index (κ1) is 18.3. The quantitative estimate of drug-likeness (QED) is 0.437. The van der Waals surface area contributed by atoms with Gasteiger partial charge in [0.1, 0.15) is 0 Å². The molecule has 0 saturated carbocycles. The van der Waals surface area contributed by atoms with E-state index in [4.69, 9.17) is 17.3 Å². The summed E-state index contributed by atoms with van der Waals surface area (Å²) in [6.07, 6.45) is 1.78. The van der Waals surface area contributed by atoms with Crippen LogP contribution >= 0.6 is 11.6 Å². The van der Waals surface area contributed by atoms with Gasteiger partial charge in [0.05, 0.1) is 34.7 Å². The zero-order chi connectivity index (χ0) is 20.0. The fraction of sp³-hybridized carbons (Fsp3) is 0.250. The van der Waals surface area contributed by atoms with Crippen LogP contribution in [0.2, 0.25) is 0 Å². The fourth-order valence-electron chi connectivity index (χ4n) is 3.44. The van der Waals surface area contributed by atoms with Crippen LogP contribution < -0.4 is 5.73 Å². The molecule has 0 spiro atoms. The van der Waals surface area contributed by atoms with Crippen molar-refractivity contribution in [2.75, 3.05) is 5.73 Å². The first-order valence-electron chi connectivity index (χ1n) is 8.94. The van der Waals surface area contributed by atoms with Gasteiger partial charge < -0.3 is 10.8 Å². The number of H-pyrrole nitrogens is 1. The highest BCUT2D eigenvalue weighted by molar-refractivity contribution is 6.21. The number of aromatic nitrogens is 4. The van der Waals surface area contributed by atoms with Crippen LogP contribution in [0.5, 0.6) is 0 Å². The summed E-state index contributed by atoms with van der Waals surface area (Å²) in [6, 6.07) is 8.95. The van der Waals surface area contributed by atoms with Crippen LogP contribution in [-0.2, 0) is 6.54 Å². The predicted octanol–water partition coefficient (Wildman–Crippen LogP) is 4.18. The van der Waals surface area contributed by atoms with Crippen molar-refractivity contribution in [1.29, 1.82) is 0 Å². The lowest BCUT2D eigenvalue weighted by Crippen LogP contribution is -2.06. The van der Waals surface area contributed by atoms with Crippen molar-refractivity contribution < 1.29 is 9.90 Å². The van der Waals surface area contributed by atoms with E-state index in [0.717, 1.165) is 27.5 Å². The topological polar surface area (TPSA) is 110 Å². The van der Waals surface area contributed by atoms with Gasteiger partial charge in [0.25, 0.3) is 0 Å². The first-order chi connectivity index (χ1) is 13.3. The zero-order valence-electron chi connectivity index (χ0n) is 15.5. The standard InChI is InChI=1S/C20H20ClN5O2/c1-10(2)17(21)12-5-13-8-23-24-18(13)14(6-12)9-26-16-4-3-11(20(27)28)7-15(16)19(22)25-26/h3-8,10,17H,9H2,1-2H3,(H2,22,25)(H,23,24)(H,27,28). The minimum absolute atomic E-state index is 0.115. The number of carboxylic acid groups (broad SMARTS) is 1. The van der Waals surface area contributed by atoms with E-state index in [-0.39, 0.29) is 16.9 Å². The van der Waals surface area contributed by atoms with Gasteiger partial charge >= 0.3 is 5.97 Å². The van der Waals surface area contributed by atoms with Crippen LogP contribution in [0.15, 0.2) is 36.5 Å². The molecule has 0 aliphatic rings. The number of rotatable bonds is 5. The Morgan fingerprint density at radius 3 is 2.82 bits per heavy atom. The summed E-state index contributed by atoms with van der Waals surface area (Å²) in [6.45, 7) is 4.62. The molecule has 0 radical (unpaired) electrons. The Labute approximate surface area is 166 Å². The summed E-state index contributed by atoms with van der Waals surface area (Å²) in [5, 5.41) is 22.3. The van der Waals surface area contributed by atoms with Gasteiger partial charge in [-0.25, -0.2) is 4.79 Å². The fourth-order valence-corrected chi connectivity index (χ4v) is 3.57. The van der Waals surface area contributed by atoms with Gasteiger partial charge in [0.2, 0.25) is 0 Å².